The Bertz CT molecular complexity index is 503. The summed E-state index contributed by atoms with van der Waals surface area (Å²) in [6, 6.07) is 3.74. The van der Waals surface area contributed by atoms with Crippen LogP contribution in [-0.4, -0.2) is 10.1 Å². The first-order valence-corrected chi connectivity index (χ1v) is 5.67. The normalized spacial score (nSPS) is 10.4. The third kappa shape index (κ3) is 2.62. The Morgan fingerprint density at radius 3 is 3.00 bits per heavy atom. The van der Waals surface area contributed by atoms with Crippen molar-refractivity contribution in [3.05, 3.63) is 39.6 Å². The molecule has 84 valence electrons. The summed E-state index contributed by atoms with van der Waals surface area (Å²) in [5.74, 6) is -0.389. The highest BCUT2D eigenvalue weighted by Gasteiger charge is 2.04. The Hall–Kier alpha value is -1.33. The van der Waals surface area contributed by atoms with Crippen LogP contribution in [0, 0.1) is 5.82 Å². The largest absolute Gasteiger partial charge is 0.506 e. The zero-order valence-electron chi connectivity index (χ0n) is 8.08. The minimum atomic E-state index is -0.400. The number of rotatable bonds is 3. The summed E-state index contributed by atoms with van der Waals surface area (Å²) in [5.41, 5.74) is 0.351. The fourth-order valence-corrected chi connectivity index (χ4v) is 2.12. The third-order valence-electron chi connectivity index (χ3n) is 1.94. The zero-order valence-corrected chi connectivity index (χ0v) is 9.65. The van der Waals surface area contributed by atoms with Crippen molar-refractivity contribution in [3.8, 4) is 5.75 Å². The van der Waals surface area contributed by atoms with Gasteiger partial charge in [-0.2, -0.15) is 0 Å². The van der Waals surface area contributed by atoms with E-state index in [0.717, 1.165) is 4.88 Å². The molecule has 1 aromatic heterocycles. The molecule has 2 rings (SSSR count). The predicted molar refractivity (Wildman–Crippen MR) is 62.5 cm³/mol. The summed E-state index contributed by atoms with van der Waals surface area (Å²) in [6.07, 6.45) is 1.64. The van der Waals surface area contributed by atoms with Crippen LogP contribution in [0.15, 0.2) is 24.4 Å². The summed E-state index contributed by atoms with van der Waals surface area (Å²) in [4.78, 5) is 4.79. The van der Waals surface area contributed by atoms with Gasteiger partial charge in [0.25, 0.3) is 0 Å². The number of nitrogens with zero attached hydrogens (tertiary/aromatic N) is 1. The van der Waals surface area contributed by atoms with Crippen LogP contribution in [0.1, 0.15) is 4.88 Å². The maximum atomic E-state index is 12.9. The third-order valence-corrected chi connectivity index (χ3v) is 3.05. The molecule has 0 aliphatic carbocycles. The van der Waals surface area contributed by atoms with Crippen LogP contribution in [0.3, 0.4) is 0 Å². The van der Waals surface area contributed by atoms with Crippen LogP contribution in [-0.2, 0) is 6.54 Å². The molecule has 0 aliphatic rings. The number of thiazole rings is 1. The van der Waals surface area contributed by atoms with Crippen molar-refractivity contribution >= 4 is 28.6 Å². The topological polar surface area (TPSA) is 45.1 Å². The van der Waals surface area contributed by atoms with Crippen molar-refractivity contribution in [1.29, 1.82) is 0 Å². The Morgan fingerprint density at radius 1 is 1.50 bits per heavy atom. The molecule has 0 radical (unpaired) electrons. The summed E-state index contributed by atoms with van der Waals surface area (Å²) >= 11 is 7.00. The standard InChI is InChI=1S/C10H8ClFN2OS/c11-10-14-5-7(16-10)4-13-8-3-6(12)1-2-9(8)15/h1-3,5,13,15H,4H2. The maximum absolute atomic E-state index is 12.9. The summed E-state index contributed by atoms with van der Waals surface area (Å²) in [6.45, 7) is 0.446. The molecule has 1 heterocycles. The highest BCUT2D eigenvalue weighted by atomic mass is 35.5. The molecule has 0 unspecified atom stereocenters. The van der Waals surface area contributed by atoms with E-state index in [9.17, 15) is 9.50 Å². The van der Waals surface area contributed by atoms with E-state index in [1.54, 1.807) is 6.20 Å². The van der Waals surface area contributed by atoms with E-state index in [4.69, 9.17) is 11.6 Å². The van der Waals surface area contributed by atoms with Crippen LogP contribution in [0.2, 0.25) is 4.47 Å². The van der Waals surface area contributed by atoms with E-state index in [2.05, 4.69) is 10.3 Å². The molecule has 16 heavy (non-hydrogen) atoms. The van der Waals surface area contributed by atoms with Gasteiger partial charge in [0.15, 0.2) is 4.47 Å². The lowest BCUT2D eigenvalue weighted by molar-refractivity contribution is 0.475. The van der Waals surface area contributed by atoms with Crippen molar-refractivity contribution < 1.29 is 9.50 Å². The summed E-state index contributed by atoms with van der Waals surface area (Å²) < 4.78 is 13.4. The molecular weight excluding hydrogens is 251 g/mol. The quantitative estimate of drug-likeness (QED) is 0.831. The molecule has 3 nitrogen and oxygen atoms in total. The number of aromatic nitrogens is 1. The molecule has 0 fully saturated rings. The highest BCUT2D eigenvalue weighted by Crippen LogP contribution is 2.25. The van der Waals surface area contributed by atoms with Gasteiger partial charge in [-0.3, -0.25) is 0 Å². The van der Waals surface area contributed by atoms with Gasteiger partial charge in [-0.05, 0) is 12.1 Å². The van der Waals surface area contributed by atoms with E-state index in [1.807, 2.05) is 0 Å². The van der Waals surface area contributed by atoms with Crippen LogP contribution in [0.5, 0.6) is 5.75 Å². The van der Waals surface area contributed by atoms with Crippen molar-refractivity contribution in [2.45, 2.75) is 6.54 Å². The second-order valence-electron chi connectivity index (χ2n) is 3.09. The molecule has 6 heteroatoms. The average Bonchev–Trinajstić information content (AvgIpc) is 2.66. The van der Waals surface area contributed by atoms with E-state index < -0.39 is 5.82 Å². The first kappa shape index (κ1) is 11.2. The molecule has 0 spiro atoms. The Labute approximate surface area is 101 Å². The lowest BCUT2D eigenvalue weighted by Crippen LogP contribution is -1.98. The number of anilines is 1. The summed E-state index contributed by atoms with van der Waals surface area (Å²) in [7, 11) is 0. The number of nitrogens with one attached hydrogen (secondary N) is 1. The molecule has 0 aliphatic heterocycles. The SMILES string of the molecule is Oc1ccc(F)cc1NCc1cnc(Cl)s1. The fourth-order valence-electron chi connectivity index (χ4n) is 1.20. The molecule has 0 bridgehead atoms. The van der Waals surface area contributed by atoms with Gasteiger partial charge in [0, 0.05) is 17.1 Å². The number of hydrogen-bond acceptors (Lipinski definition) is 4. The van der Waals surface area contributed by atoms with Gasteiger partial charge >= 0.3 is 0 Å². The van der Waals surface area contributed by atoms with E-state index in [0.29, 0.717) is 16.7 Å². The molecular formula is C10H8ClFN2OS. The van der Waals surface area contributed by atoms with Crippen LogP contribution >= 0.6 is 22.9 Å². The van der Waals surface area contributed by atoms with Gasteiger partial charge in [-0.1, -0.05) is 11.6 Å². The number of phenols is 1. The second-order valence-corrected chi connectivity index (χ2v) is 4.79. The van der Waals surface area contributed by atoms with Gasteiger partial charge in [0.05, 0.1) is 12.2 Å². The Balaban J connectivity index is 2.07. The van der Waals surface area contributed by atoms with E-state index in [-0.39, 0.29) is 5.75 Å². The van der Waals surface area contributed by atoms with Crippen molar-refractivity contribution in [3.63, 3.8) is 0 Å². The first-order chi connectivity index (χ1) is 7.65. The lowest BCUT2D eigenvalue weighted by Gasteiger charge is -2.06. The minimum Gasteiger partial charge on any atom is -0.506 e. The van der Waals surface area contributed by atoms with E-state index in [1.165, 1.54) is 29.5 Å². The van der Waals surface area contributed by atoms with Crippen molar-refractivity contribution in [2.24, 2.45) is 0 Å². The minimum absolute atomic E-state index is 0.0111. The average molecular weight is 259 g/mol. The van der Waals surface area contributed by atoms with Gasteiger partial charge in [-0.25, -0.2) is 9.37 Å². The predicted octanol–water partition coefficient (Wildman–Crippen LogP) is 3.25. The molecule has 2 aromatic rings. The second kappa shape index (κ2) is 4.67. The van der Waals surface area contributed by atoms with Gasteiger partial charge in [-0.15, -0.1) is 11.3 Å². The van der Waals surface area contributed by atoms with Crippen LogP contribution in [0.4, 0.5) is 10.1 Å². The van der Waals surface area contributed by atoms with Crippen LogP contribution < -0.4 is 5.32 Å². The molecule has 1 aromatic carbocycles. The Kier molecular flexibility index (Phi) is 3.26. The monoisotopic (exact) mass is 258 g/mol. The maximum Gasteiger partial charge on any atom is 0.183 e. The van der Waals surface area contributed by atoms with Gasteiger partial charge in [0.2, 0.25) is 0 Å². The molecule has 0 saturated carbocycles. The molecule has 2 N–H and O–H groups in total. The van der Waals surface area contributed by atoms with Gasteiger partial charge < -0.3 is 10.4 Å². The Morgan fingerprint density at radius 2 is 2.31 bits per heavy atom. The molecule has 0 amide bonds. The number of aromatic hydroxyl groups is 1. The van der Waals surface area contributed by atoms with E-state index >= 15 is 0 Å². The number of phenolic OH excluding ortho intramolecular Hbond substituents is 1. The molecule has 0 saturated heterocycles. The fraction of sp³-hybridized carbons (Fsp3) is 0.100. The van der Waals surface area contributed by atoms with Gasteiger partial charge in [0.1, 0.15) is 11.6 Å². The lowest BCUT2D eigenvalue weighted by atomic mass is 10.3. The summed E-state index contributed by atoms with van der Waals surface area (Å²) in [5, 5.41) is 12.4. The first-order valence-electron chi connectivity index (χ1n) is 4.48. The van der Waals surface area contributed by atoms with Crippen molar-refractivity contribution in [2.75, 3.05) is 5.32 Å². The van der Waals surface area contributed by atoms with Crippen LogP contribution in [0.25, 0.3) is 0 Å². The number of benzene rings is 1. The smallest absolute Gasteiger partial charge is 0.183 e. The zero-order chi connectivity index (χ0) is 11.5. The highest BCUT2D eigenvalue weighted by molar-refractivity contribution is 7.15. The van der Waals surface area contributed by atoms with Crippen molar-refractivity contribution in [1.82, 2.24) is 4.98 Å². The number of hydrogen-bond donors (Lipinski definition) is 2. The number of halogens is 2. The molecule has 0 atom stereocenters.